The van der Waals surface area contributed by atoms with Gasteiger partial charge in [0.25, 0.3) is 0 Å². The highest BCUT2D eigenvalue weighted by molar-refractivity contribution is 6.32. The minimum atomic E-state index is -0.621. The molecular weight excluding hydrogens is 440 g/mol. The van der Waals surface area contributed by atoms with Gasteiger partial charge in [-0.1, -0.05) is 41.9 Å². The highest BCUT2D eigenvalue weighted by Crippen LogP contribution is 2.58. The minimum absolute atomic E-state index is 0.0417. The standard InChI is InChI=1S/C26H23ClN2O4/c1-32-25(31)19-14-28-22(13-23(19)30)17-11-20(27)24(33-15-16-5-3-2-4-6-16)12-18(17)21-7-8-26(9-10-26)29(21)28/h2-6,11-14,21H,7-10,15H2,1H3/t21-/m1/s1. The monoisotopic (exact) mass is 462 g/mol. The van der Waals surface area contributed by atoms with Gasteiger partial charge in [0.2, 0.25) is 0 Å². The number of nitrogens with zero attached hydrogens (tertiary/aromatic N) is 2. The molecule has 1 spiro atoms. The van der Waals surface area contributed by atoms with Crippen molar-refractivity contribution in [3.05, 3.63) is 86.7 Å². The number of benzene rings is 2. The second kappa shape index (κ2) is 7.39. The summed E-state index contributed by atoms with van der Waals surface area (Å²) in [6.45, 7) is 0.427. The average Bonchev–Trinajstić information content (AvgIpc) is 3.51. The number of fused-ring (bicyclic) bond motifs is 7. The molecule has 1 aromatic heterocycles. The largest absolute Gasteiger partial charge is 0.487 e. The van der Waals surface area contributed by atoms with Crippen molar-refractivity contribution < 1.29 is 14.3 Å². The van der Waals surface area contributed by atoms with Gasteiger partial charge in [-0.3, -0.25) is 14.5 Å². The third-order valence-corrected chi connectivity index (χ3v) is 7.43. The fourth-order valence-electron chi connectivity index (χ4n) is 5.34. The summed E-state index contributed by atoms with van der Waals surface area (Å²) >= 11 is 6.65. The molecule has 6 rings (SSSR count). The van der Waals surface area contributed by atoms with Crippen LogP contribution < -0.4 is 15.2 Å². The number of carbonyl (C=O) groups excluding carboxylic acids is 1. The number of esters is 1. The van der Waals surface area contributed by atoms with Crippen molar-refractivity contribution in [2.75, 3.05) is 12.1 Å². The number of pyridine rings is 1. The quantitative estimate of drug-likeness (QED) is 0.518. The van der Waals surface area contributed by atoms with Crippen molar-refractivity contribution in [1.29, 1.82) is 0 Å². The Hall–Kier alpha value is -3.25. The second-order valence-corrected chi connectivity index (χ2v) is 9.45. The van der Waals surface area contributed by atoms with Crippen molar-refractivity contribution in [2.45, 2.75) is 43.9 Å². The molecule has 0 radical (unpaired) electrons. The van der Waals surface area contributed by atoms with Crippen LogP contribution in [0.2, 0.25) is 5.02 Å². The molecule has 7 heteroatoms. The molecule has 0 bridgehead atoms. The molecule has 0 unspecified atom stereocenters. The van der Waals surface area contributed by atoms with E-state index in [-0.39, 0.29) is 22.6 Å². The number of hydrogen-bond donors (Lipinski definition) is 0. The van der Waals surface area contributed by atoms with E-state index in [1.54, 1.807) is 6.20 Å². The Labute approximate surface area is 196 Å². The van der Waals surface area contributed by atoms with E-state index in [1.165, 1.54) is 13.2 Å². The topological polar surface area (TPSA) is 60.8 Å². The number of methoxy groups -OCH3 is 1. The van der Waals surface area contributed by atoms with Gasteiger partial charge in [0.1, 0.15) is 17.9 Å². The number of carbonyl (C=O) groups is 1. The molecule has 1 saturated carbocycles. The van der Waals surface area contributed by atoms with E-state index in [0.29, 0.717) is 17.4 Å². The fourth-order valence-corrected chi connectivity index (χ4v) is 5.56. The zero-order valence-electron chi connectivity index (χ0n) is 18.2. The molecule has 168 valence electrons. The number of ether oxygens (including phenoxy) is 2. The molecule has 0 amide bonds. The van der Waals surface area contributed by atoms with Crippen LogP contribution in [-0.2, 0) is 11.3 Å². The number of halogens is 1. The normalized spacial score (nSPS) is 19.0. The fraction of sp³-hybridized carbons (Fsp3) is 0.308. The summed E-state index contributed by atoms with van der Waals surface area (Å²) in [5, 5.41) is 2.85. The van der Waals surface area contributed by atoms with Crippen LogP contribution in [0.3, 0.4) is 0 Å². The van der Waals surface area contributed by atoms with Gasteiger partial charge in [0.05, 0.1) is 29.4 Å². The molecule has 2 fully saturated rings. The van der Waals surface area contributed by atoms with Crippen molar-refractivity contribution in [2.24, 2.45) is 0 Å². The maximum absolute atomic E-state index is 12.8. The van der Waals surface area contributed by atoms with E-state index in [2.05, 4.69) is 5.01 Å². The molecule has 2 aromatic carbocycles. The first-order valence-electron chi connectivity index (χ1n) is 11.2. The van der Waals surface area contributed by atoms with Gasteiger partial charge in [0, 0.05) is 17.8 Å². The molecule has 3 aliphatic rings. The molecule has 3 aromatic rings. The predicted octanol–water partition coefficient (Wildman–Crippen LogP) is 4.85. The van der Waals surface area contributed by atoms with E-state index in [4.69, 9.17) is 21.1 Å². The molecule has 6 nitrogen and oxygen atoms in total. The van der Waals surface area contributed by atoms with Gasteiger partial charge in [-0.15, -0.1) is 0 Å². The van der Waals surface area contributed by atoms with Gasteiger partial charge < -0.3 is 9.47 Å². The predicted molar refractivity (Wildman–Crippen MR) is 125 cm³/mol. The van der Waals surface area contributed by atoms with Crippen LogP contribution in [-0.4, -0.2) is 23.3 Å². The summed E-state index contributed by atoms with van der Waals surface area (Å²) < 4.78 is 12.9. The summed E-state index contributed by atoms with van der Waals surface area (Å²) in [4.78, 5) is 25.0. The Morgan fingerprint density at radius 2 is 1.94 bits per heavy atom. The van der Waals surface area contributed by atoms with Gasteiger partial charge in [0.15, 0.2) is 5.43 Å². The first-order chi connectivity index (χ1) is 16.0. The lowest BCUT2D eigenvalue weighted by Crippen LogP contribution is -2.46. The second-order valence-electron chi connectivity index (χ2n) is 9.04. The van der Waals surface area contributed by atoms with Crippen molar-refractivity contribution in [1.82, 2.24) is 4.68 Å². The van der Waals surface area contributed by atoms with Crippen LogP contribution >= 0.6 is 11.6 Å². The molecular formula is C26H23ClN2O4. The Morgan fingerprint density at radius 3 is 2.67 bits per heavy atom. The molecule has 0 N–H and O–H groups in total. The molecule has 3 heterocycles. The smallest absolute Gasteiger partial charge is 0.343 e. The lowest BCUT2D eigenvalue weighted by Gasteiger charge is -2.41. The summed E-state index contributed by atoms with van der Waals surface area (Å²) in [6, 6.07) is 15.5. The van der Waals surface area contributed by atoms with Gasteiger partial charge in [-0.2, -0.15) is 0 Å². The highest BCUT2D eigenvalue weighted by Gasteiger charge is 2.57. The van der Waals surface area contributed by atoms with E-state index in [9.17, 15) is 9.59 Å². The Kier molecular flexibility index (Phi) is 4.56. The zero-order valence-corrected chi connectivity index (χ0v) is 19.0. The zero-order chi connectivity index (χ0) is 22.7. The maximum Gasteiger partial charge on any atom is 0.343 e. The van der Waals surface area contributed by atoms with Gasteiger partial charge in [-0.05, 0) is 48.9 Å². The first-order valence-corrected chi connectivity index (χ1v) is 11.5. The SMILES string of the molecule is COC(=O)c1cn2c(cc1=O)-c1cc(Cl)c(OCc3ccccc3)cc1[C@H]1CCC3(CC3)N12. The van der Waals surface area contributed by atoms with E-state index >= 15 is 0 Å². The third kappa shape index (κ3) is 3.16. The average molecular weight is 463 g/mol. The number of rotatable bonds is 4. The Bertz CT molecular complexity index is 1330. The van der Waals surface area contributed by atoms with E-state index in [1.807, 2.05) is 47.1 Å². The minimum Gasteiger partial charge on any atom is -0.487 e. The molecule has 1 saturated heterocycles. The van der Waals surface area contributed by atoms with Crippen molar-refractivity contribution in [3.8, 4) is 17.0 Å². The molecule has 1 atom stereocenters. The van der Waals surface area contributed by atoms with Crippen molar-refractivity contribution in [3.63, 3.8) is 0 Å². The Balaban J connectivity index is 1.47. The Morgan fingerprint density at radius 1 is 1.15 bits per heavy atom. The van der Waals surface area contributed by atoms with Crippen LogP contribution in [0, 0.1) is 0 Å². The summed E-state index contributed by atoms with van der Waals surface area (Å²) in [6.07, 6.45) is 5.90. The van der Waals surface area contributed by atoms with Crippen LogP contribution in [0.4, 0.5) is 0 Å². The lowest BCUT2D eigenvalue weighted by atomic mass is 9.94. The van der Waals surface area contributed by atoms with Gasteiger partial charge in [-0.25, -0.2) is 4.79 Å². The van der Waals surface area contributed by atoms with Crippen LogP contribution in [0.1, 0.15) is 53.2 Å². The summed E-state index contributed by atoms with van der Waals surface area (Å²) in [5.41, 5.74) is 3.57. The van der Waals surface area contributed by atoms with Crippen molar-refractivity contribution >= 4 is 17.6 Å². The van der Waals surface area contributed by atoms with Crippen LogP contribution in [0.25, 0.3) is 11.3 Å². The molecule has 1 aliphatic carbocycles. The maximum atomic E-state index is 12.8. The first kappa shape index (κ1) is 20.4. The summed E-state index contributed by atoms with van der Waals surface area (Å²) in [5.74, 6) is 0.0160. The number of hydrogen-bond acceptors (Lipinski definition) is 5. The summed E-state index contributed by atoms with van der Waals surface area (Å²) in [7, 11) is 1.29. The molecule has 33 heavy (non-hydrogen) atoms. The molecule has 2 aliphatic heterocycles. The van der Waals surface area contributed by atoms with E-state index in [0.717, 1.165) is 48.1 Å². The number of aromatic nitrogens is 1. The van der Waals surface area contributed by atoms with Crippen LogP contribution in [0.5, 0.6) is 5.75 Å². The van der Waals surface area contributed by atoms with E-state index < -0.39 is 5.97 Å². The third-order valence-electron chi connectivity index (χ3n) is 7.14. The van der Waals surface area contributed by atoms with Crippen LogP contribution in [0.15, 0.2) is 59.5 Å². The lowest BCUT2D eigenvalue weighted by molar-refractivity contribution is 0.0598. The highest BCUT2D eigenvalue weighted by atomic mass is 35.5. The van der Waals surface area contributed by atoms with Gasteiger partial charge >= 0.3 is 5.97 Å².